The molecule has 0 aromatic heterocycles. The van der Waals surface area contributed by atoms with Crippen molar-refractivity contribution < 1.29 is 62.2 Å². The maximum absolute atomic E-state index is 13.4. The maximum Gasteiger partial charge on any atom is 0.460 e. The molecule has 0 aliphatic heterocycles. The topological polar surface area (TPSA) is 26.3 Å². The van der Waals surface area contributed by atoms with E-state index in [0.29, 0.717) is 0 Å². The zero-order valence-corrected chi connectivity index (χ0v) is 12.4. The first-order valence-electron chi connectivity index (χ1n) is 4.82. The molecule has 23 heavy (non-hydrogen) atoms. The van der Waals surface area contributed by atoms with Gasteiger partial charge in [0.05, 0.1) is 0 Å². The summed E-state index contributed by atoms with van der Waals surface area (Å²) in [5.41, 5.74) is 0. The Morgan fingerprint density at radius 2 is 1.04 bits per heavy atom. The van der Waals surface area contributed by atoms with Gasteiger partial charge in [-0.3, -0.25) is 4.79 Å². The summed E-state index contributed by atoms with van der Waals surface area (Å²) in [5.74, 6) is -24.6. The Balaban J connectivity index is 6.44. The molecule has 0 saturated heterocycles. The van der Waals surface area contributed by atoms with Crippen molar-refractivity contribution in [2.24, 2.45) is 0 Å². The summed E-state index contributed by atoms with van der Waals surface area (Å²) in [6.45, 7) is 0.0231. The number of esters is 1. The molecular formula is C8H3F12IO2. The average Bonchev–Trinajstić information content (AvgIpc) is 2.23. The van der Waals surface area contributed by atoms with Crippen LogP contribution in [0, 0.1) is 0 Å². The van der Waals surface area contributed by atoms with E-state index in [2.05, 4.69) is 4.74 Å². The Morgan fingerprint density at radius 3 is 1.26 bits per heavy atom. The van der Waals surface area contributed by atoms with Gasteiger partial charge in [0, 0.05) is 6.92 Å². The highest BCUT2D eigenvalue weighted by molar-refractivity contribution is 14.1. The van der Waals surface area contributed by atoms with Gasteiger partial charge >= 0.3 is 39.7 Å². The van der Waals surface area contributed by atoms with Crippen LogP contribution in [0.15, 0.2) is 0 Å². The second-order valence-corrected chi connectivity index (χ2v) is 5.43. The molecule has 0 aliphatic rings. The largest absolute Gasteiger partial charge is 0.460 e. The van der Waals surface area contributed by atoms with Gasteiger partial charge in [0.15, 0.2) is 0 Å². The highest BCUT2D eigenvalue weighted by atomic mass is 127. The number of ether oxygens (including phenoxy) is 1. The predicted molar refractivity (Wildman–Crippen MR) is 55.5 cm³/mol. The summed E-state index contributed by atoms with van der Waals surface area (Å²) in [5, 5.41) is 0. The van der Waals surface area contributed by atoms with Crippen LogP contribution in [0.3, 0.4) is 0 Å². The average molecular weight is 486 g/mol. The monoisotopic (exact) mass is 486 g/mol. The first-order chi connectivity index (χ1) is 9.67. The van der Waals surface area contributed by atoms with Crippen LogP contribution in [-0.2, 0) is 9.53 Å². The molecule has 0 bridgehead atoms. The third kappa shape index (κ3) is 3.29. The van der Waals surface area contributed by atoms with Crippen LogP contribution in [0.5, 0.6) is 0 Å². The Hall–Kier alpha value is -0.640. The number of halogens is 13. The van der Waals surface area contributed by atoms with Crippen molar-refractivity contribution in [3.63, 3.8) is 0 Å². The quantitative estimate of drug-likeness (QED) is 0.249. The van der Waals surface area contributed by atoms with Gasteiger partial charge in [-0.2, -0.15) is 52.7 Å². The van der Waals surface area contributed by atoms with Crippen LogP contribution < -0.4 is 0 Å². The molecule has 0 N–H and O–H groups in total. The van der Waals surface area contributed by atoms with E-state index in [9.17, 15) is 57.5 Å². The minimum Gasteiger partial charge on any atom is -0.432 e. The van der Waals surface area contributed by atoms with Crippen LogP contribution in [0.4, 0.5) is 52.7 Å². The minimum atomic E-state index is -7.59. The van der Waals surface area contributed by atoms with Crippen molar-refractivity contribution in [2.75, 3.05) is 0 Å². The summed E-state index contributed by atoms with van der Waals surface area (Å²) < 4.78 is 149. The van der Waals surface area contributed by atoms with Gasteiger partial charge in [0.2, 0.25) is 0 Å². The normalized spacial score (nSPS) is 17.7. The van der Waals surface area contributed by atoms with Gasteiger partial charge in [-0.1, -0.05) is 0 Å². The molecule has 0 spiro atoms. The summed E-state index contributed by atoms with van der Waals surface area (Å²) in [4.78, 5) is 10.4. The van der Waals surface area contributed by atoms with Crippen LogP contribution in [-0.4, -0.2) is 39.7 Å². The number of carbonyl (C=O) groups excluding carboxylic acids is 1. The molecule has 0 rings (SSSR count). The molecular weight excluding hydrogens is 483 g/mol. The lowest BCUT2D eigenvalue weighted by molar-refractivity contribution is -0.422. The van der Waals surface area contributed by atoms with E-state index in [0.717, 1.165) is 0 Å². The van der Waals surface area contributed by atoms with Crippen LogP contribution in [0.25, 0.3) is 0 Å². The molecule has 0 radical (unpaired) electrons. The molecule has 1 atom stereocenters. The van der Waals surface area contributed by atoms with Crippen molar-refractivity contribution in [3.8, 4) is 0 Å². The maximum atomic E-state index is 13.4. The Bertz CT molecular complexity index is 467. The van der Waals surface area contributed by atoms with Crippen LogP contribution in [0.1, 0.15) is 6.92 Å². The third-order valence-corrected chi connectivity index (χ3v) is 3.71. The molecule has 0 fully saturated rings. The van der Waals surface area contributed by atoms with E-state index in [1.54, 1.807) is 0 Å². The van der Waals surface area contributed by atoms with E-state index in [-0.39, 0.29) is 6.92 Å². The standard InChI is InChI=1S/C8H3F12IO2/c1-2(22)23-6(21,8(18,19)20)4(11,12)3(9,10)5(13,14)7(15,16)17/h1H3. The zero-order valence-electron chi connectivity index (χ0n) is 10.2. The van der Waals surface area contributed by atoms with Gasteiger partial charge in [-0.25, -0.2) is 0 Å². The summed E-state index contributed by atoms with van der Waals surface area (Å²) in [7, 11) is 0. The van der Waals surface area contributed by atoms with Gasteiger partial charge < -0.3 is 4.74 Å². The Morgan fingerprint density at radius 1 is 0.696 bits per heavy atom. The van der Waals surface area contributed by atoms with Gasteiger partial charge in [-0.15, -0.1) is 0 Å². The fraction of sp³-hybridized carbons (Fsp3) is 0.875. The lowest BCUT2D eigenvalue weighted by Gasteiger charge is -2.41. The van der Waals surface area contributed by atoms with Gasteiger partial charge in [-0.05, 0) is 22.6 Å². The van der Waals surface area contributed by atoms with Crippen molar-refractivity contribution >= 4 is 28.6 Å². The molecule has 0 amide bonds. The second-order valence-electron chi connectivity index (χ2n) is 3.91. The van der Waals surface area contributed by atoms with Gasteiger partial charge in [0.1, 0.15) is 0 Å². The highest BCUT2D eigenvalue weighted by Gasteiger charge is 2.90. The lowest BCUT2D eigenvalue weighted by atomic mass is 9.98. The number of carbonyl (C=O) groups is 1. The molecule has 0 aliphatic carbocycles. The molecule has 0 aromatic rings. The number of rotatable bonds is 4. The number of hydrogen-bond acceptors (Lipinski definition) is 2. The summed E-state index contributed by atoms with van der Waals surface area (Å²) >= 11 is -0.666. The van der Waals surface area contributed by atoms with Crippen molar-refractivity contribution in [3.05, 3.63) is 0 Å². The van der Waals surface area contributed by atoms with E-state index in [4.69, 9.17) is 0 Å². The van der Waals surface area contributed by atoms with E-state index in [1.807, 2.05) is 0 Å². The molecule has 0 saturated carbocycles. The highest BCUT2D eigenvalue weighted by Crippen LogP contribution is 2.61. The number of alkyl halides is 13. The molecule has 15 heteroatoms. The Labute approximate surface area is 132 Å². The number of hydrogen-bond donors (Lipinski definition) is 0. The van der Waals surface area contributed by atoms with Crippen molar-refractivity contribution in [2.45, 2.75) is 40.7 Å². The van der Waals surface area contributed by atoms with Gasteiger partial charge in [0.25, 0.3) is 0 Å². The van der Waals surface area contributed by atoms with E-state index in [1.165, 1.54) is 0 Å². The predicted octanol–water partition coefficient (Wildman–Crippen LogP) is 4.71. The fourth-order valence-electron chi connectivity index (χ4n) is 1.08. The van der Waals surface area contributed by atoms with Crippen LogP contribution >= 0.6 is 22.6 Å². The smallest absolute Gasteiger partial charge is 0.432 e. The van der Waals surface area contributed by atoms with Crippen LogP contribution in [0.2, 0.25) is 0 Å². The first kappa shape index (κ1) is 22.4. The molecule has 0 aromatic carbocycles. The van der Waals surface area contributed by atoms with Crippen molar-refractivity contribution in [1.82, 2.24) is 0 Å². The minimum absolute atomic E-state index is 0.0231. The fourth-order valence-corrected chi connectivity index (χ4v) is 1.72. The lowest BCUT2D eigenvalue weighted by Crippen LogP contribution is -2.71. The third-order valence-electron chi connectivity index (χ3n) is 2.20. The molecule has 138 valence electrons. The SMILES string of the molecule is CC(=O)OC(I)(C(F)(F)F)C(F)(F)C(F)(F)C(F)(F)C(F)(F)F. The van der Waals surface area contributed by atoms with Crippen molar-refractivity contribution in [1.29, 1.82) is 0 Å². The molecule has 2 nitrogen and oxygen atoms in total. The summed E-state index contributed by atoms with van der Waals surface area (Å²) in [6, 6.07) is 0. The first-order valence-corrected chi connectivity index (χ1v) is 5.90. The molecule has 0 heterocycles. The molecule has 1 unspecified atom stereocenters. The van der Waals surface area contributed by atoms with E-state index < -0.39 is 62.3 Å². The van der Waals surface area contributed by atoms with E-state index >= 15 is 0 Å². The second kappa shape index (κ2) is 5.72. The summed E-state index contributed by atoms with van der Waals surface area (Å²) in [6.07, 6.45) is -13.9. The zero-order chi connectivity index (χ0) is 19.3. The Kier molecular flexibility index (Phi) is 5.56.